The first-order valence-electron chi connectivity index (χ1n) is 11.9. The molecule has 4 fully saturated rings. The summed E-state index contributed by atoms with van der Waals surface area (Å²) in [6.45, 7) is 10.8. The van der Waals surface area contributed by atoms with E-state index in [2.05, 4.69) is 26.8 Å². The van der Waals surface area contributed by atoms with Gasteiger partial charge in [0, 0.05) is 6.61 Å². The maximum Gasteiger partial charge on any atom is 0.0883 e. The van der Waals surface area contributed by atoms with Crippen LogP contribution in [0.25, 0.3) is 0 Å². The Morgan fingerprint density at radius 2 is 1.85 bits per heavy atom. The Balaban J connectivity index is 1.53. The second-order valence-electron chi connectivity index (χ2n) is 10.9. The van der Waals surface area contributed by atoms with E-state index in [1.807, 2.05) is 6.92 Å². The molecule has 0 bridgehead atoms. The Morgan fingerprint density at radius 1 is 1.04 bits per heavy atom. The van der Waals surface area contributed by atoms with Gasteiger partial charge in [0.05, 0.1) is 12.2 Å². The molecule has 2 heteroatoms. The second-order valence-corrected chi connectivity index (χ2v) is 10.9. The van der Waals surface area contributed by atoms with Gasteiger partial charge in [-0.3, -0.25) is 0 Å². The lowest BCUT2D eigenvalue weighted by atomic mass is 9.44. The van der Waals surface area contributed by atoms with Gasteiger partial charge in [-0.2, -0.15) is 0 Å². The van der Waals surface area contributed by atoms with E-state index < -0.39 is 5.60 Å². The van der Waals surface area contributed by atoms with E-state index in [0.717, 1.165) is 30.6 Å². The van der Waals surface area contributed by atoms with Gasteiger partial charge in [-0.25, -0.2) is 0 Å². The first-order chi connectivity index (χ1) is 12.9. The fourth-order valence-corrected chi connectivity index (χ4v) is 8.18. The molecule has 4 aliphatic rings. The first-order valence-corrected chi connectivity index (χ1v) is 11.9. The topological polar surface area (TPSA) is 29.5 Å². The lowest BCUT2D eigenvalue weighted by molar-refractivity contribution is -0.160. The highest BCUT2D eigenvalue weighted by Crippen LogP contribution is 2.67. The number of ether oxygens (including phenoxy) is 1. The molecule has 4 rings (SSSR count). The number of hydrogen-bond acceptors (Lipinski definition) is 2. The Bertz CT molecular complexity index is 583. The minimum atomic E-state index is -0.569. The van der Waals surface area contributed by atoms with E-state index in [1.54, 1.807) is 5.57 Å². The third-order valence-corrected chi connectivity index (χ3v) is 9.69. The number of hydrogen-bond donors (Lipinski definition) is 1. The minimum Gasteiger partial charge on any atom is -0.387 e. The summed E-state index contributed by atoms with van der Waals surface area (Å²) in [7, 11) is 0. The Labute approximate surface area is 167 Å². The molecule has 4 aliphatic carbocycles. The average Bonchev–Trinajstić information content (AvgIpc) is 2.98. The zero-order valence-electron chi connectivity index (χ0n) is 18.2. The van der Waals surface area contributed by atoms with Gasteiger partial charge in [-0.05, 0) is 106 Å². The van der Waals surface area contributed by atoms with Crippen molar-refractivity contribution in [2.75, 3.05) is 13.2 Å². The molecule has 0 heterocycles. The number of aliphatic hydroxyl groups is 1. The van der Waals surface area contributed by atoms with Crippen LogP contribution in [0.1, 0.15) is 91.9 Å². The minimum absolute atomic E-state index is 0.444. The van der Waals surface area contributed by atoms with E-state index in [-0.39, 0.29) is 0 Å². The van der Waals surface area contributed by atoms with Crippen LogP contribution < -0.4 is 0 Å². The molecule has 0 radical (unpaired) electrons. The quantitative estimate of drug-likeness (QED) is 0.599. The lowest BCUT2D eigenvalue weighted by Gasteiger charge is -2.61. The van der Waals surface area contributed by atoms with E-state index >= 15 is 0 Å². The fraction of sp³-hybridized carbons (Fsp3) is 0.920. The summed E-state index contributed by atoms with van der Waals surface area (Å²) in [4.78, 5) is 0. The van der Waals surface area contributed by atoms with Crippen molar-refractivity contribution in [2.24, 2.45) is 34.5 Å². The predicted molar refractivity (Wildman–Crippen MR) is 112 cm³/mol. The standard InChI is InChI=1S/C25H42O2/c1-5-7-18-9-11-21-20-10-8-19-16-25(26,17-27-6-2)15-14-24(19,4)22(20)12-13-23(18,21)3/h7,19-22,26H,5-6,8-17H2,1-4H3/b18-7-/t19-,20+,21+,22+,23-,24+,25-/m1/s1. The molecule has 0 saturated heterocycles. The van der Waals surface area contributed by atoms with Crippen LogP contribution in [0.2, 0.25) is 0 Å². The van der Waals surface area contributed by atoms with Crippen LogP contribution in [0.5, 0.6) is 0 Å². The molecule has 2 nitrogen and oxygen atoms in total. The van der Waals surface area contributed by atoms with Crippen molar-refractivity contribution in [3.05, 3.63) is 11.6 Å². The highest BCUT2D eigenvalue weighted by molar-refractivity contribution is 5.24. The third-order valence-electron chi connectivity index (χ3n) is 9.69. The average molecular weight is 375 g/mol. The van der Waals surface area contributed by atoms with Gasteiger partial charge >= 0.3 is 0 Å². The zero-order chi connectivity index (χ0) is 19.3. The van der Waals surface area contributed by atoms with E-state index in [9.17, 15) is 5.11 Å². The highest BCUT2D eigenvalue weighted by Gasteiger charge is 2.60. The van der Waals surface area contributed by atoms with Crippen LogP contribution in [0.4, 0.5) is 0 Å². The van der Waals surface area contributed by atoms with Crippen molar-refractivity contribution >= 4 is 0 Å². The van der Waals surface area contributed by atoms with Crippen molar-refractivity contribution in [3.8, 4) is 0 Å². The summed E-state index contributed by atoms with van der Waals surface area (Å²) in [6, 6.07) is 0. The second kappa shape index (κ2) is 7.17. The van der Waals surface area contributed by atoms with Crippen LogP contribution in [0, 0.1) is 34.5 Å². The molecule has 7 atom stereocenters. The lowest BCUT2D eigenvalue weighted by Crippen LogP contribution is -2.56. The first kappa shape index (κ1) is 20.0. The van der Waals surface area contributed by atoms with Crippen molar-refractivity contribution in [2.45, 2.75) is 97.5 Å². The predicted octanol–water partition coefficient (Wildman–Crippen LogP) is 6.13. The molecule has 0 aromatic rings. The maximum absolute atomic E-state index is 11.1. The van der Waals surface area contributed by atoms with Gasteiger partial charge < -0.3 is 9.84 Å². The van der Waals surface area contributed by atoms with Gasteiger partial charge in [0.1, 0.15) is 0 Å². The molecular weight excluding hydrogens is 332 g/mol. The van der Waals surface area contributed by atoms with Crippen LogP contribution in [0.3, 0.4) is 0 Å². The van der Waals surface area contributed by atoms with Gasteiger partial charge in [0.15, 0.2) is 0 Å². The van der Waals surface area contributed by atoms with Crippen molar-refractivity contribution in [1.82, 2.24) is 0 Å². The third kappa shape index (κ3) is 3.14. The van der Waals surface area contributed by atoms with Crippen LogP contribution in [-0.2, 0) is 4.74 Å². The summed E-state index contributed by atoms with van der Waals surface area (Å²) in [6.07, 6.45) is 15.2. The van der Waals surface area contributed by atoms with E-state index in [4.69, 9.17) is 4.74 Å². The number of fused-ring (bicyclic) bond motifs is 5. The summed E-state index contributed by atoms with van der Waals surface area (Å²) in [5.74, 6) is 3.41. The van der Waals surface area contributed by atoms with Crippen LogP contribution in [-0.4, -0.2) is 23.9 Å². The Morgan fingerprint density at radius 3 is 2.59 bits per heavy atom. The summed E-state index contributed by atoms with van der Waals surface area (Å²) in [5, 5.41) is 11.1. The molecule has 0 spiro atoms. The molecule has 0 aromatic carbocycles. The number of rotatable bonds is 4. The van der Waals surface area contributed by atoms with E-state index in [0.29, 0.717) is 30.0 Å². The van der Waals surface area contributed by atoms with Crippen LogP contribution >= 0.6 is 0 Å². The monoisotopic (exact) mass is 374 g/mol. The summed E-state index contributed by atoms with van der Waals surface area (Å²) in [5.41, 5.74) is 2.15. The smallest absolute Gasteiger partial charge is 0.0883 e. The molecular formula is C25H42O2. The zero-order valence-corrected chi connectivity index (χ0v) is 18.2. The largest absolute Gasteiger partial charge is 0.387 e. The normalized spacial score (nSPS) is 50.9. The molecule has 0 amide bonds. The Kier molecular flexibility index (Phi) is 5.30. The summed E-state index contributed by atoms with van der Waals surface area (Å²) < 4.78 is 5.64. The molecule has 0 aromatic heterocycles. The van der Waals surface area contributed by atoms with Gasteiger partial charge in [0.2, 0.25) is 0 Å². The highest BCUT2D eigenvalue weighted by atomic mass is 16.5. The molecule has 4 saturated carbocycles. The van der Waals surface area contributed by atoms with Crippen molar-refractivity contribution in [3.63, 3.8) is 0 Å². The van der Waals surface area contributed by atoms with Crippen molar-refractivity contribution < 1.29 is 9.84 Å². The van der Waals surface area contributed by atoms with Gasteiger partial charge in [-0.15, -0.1) is 0 Å². The molecule has 0 aliphatic heterocycles. The van der Waals surface area contributed by atoms with Gasteiger partial charge in [-0.1, -0.05) is 32.4 Å². The number of allylic oxidation sites excluding steroid dienone is 2. The van der Waals surface area contributed by atoms with Crippen molar-refractivity contribution in [1.29, 1.82) is 0 Å². The fourth-order valence-electron chi connectivity index (χ4n) is 8.18. The summed E-state index contributed by atoms with van der Waals surface area (Å²) >= 11 is 0. The molecule has 0 unspecified atom stereocenters. The van der Waals surface area contributed by atoms with Crippen LogP contribution in [0.15, 0.2) is 11.6 Å². The van der Waals surface area contributed by atoms with Gasteiger partial charge in [0.25, 0.3) is 0 Å². The maximum atomic E-state index is 11.1. The molecule has 1 N–H and O–H groups in total. The molecule has 154 valence electrons. The Hall–Kier alpha value is -0.340. The SMILES string of the molecule is CC/C=C1/CC[C@H]2[C@@H]3CC[C@@H]4C[C@@](O)(COCC)CC[C@]4(C)[C@H]3CC[C@]12C. The molecule has 27 heavy (non-hydrogen) atoms. The van der Waals surface area contributed by atoms with E-state index in [1.165, 1.54) is 51.4 Å².